The van der Waals surface area contributed by atoms with Gasteiger partial charge in [-0.25, -0.2) is 0 Å². The van der Waals surface area contributed by atoms with E-state index in [1.165, 1.54) is 0 Å². The number of carbonyl (C=O) groups is 1. The molecule has 1 unspecified atom stereocenters. The predicted molar refractivity (Wildman–Crippen MR) is 107 cm³/mol. The summed E-state index contributed by atoms with van der Waals surface area (Å²) in [4.78, 5) is 14.3. The van der Waals surface area contributed by atoms with Crippen molar-refractivity contribution in [3.8, 4) is 5.75 Å². The molecule has 8 heteroatoms. The van der Waals surface area contributed by atoms with Crippen molar-refractivity contribution < 1.29 is 9.53 Å². The molecule has 1 aliphatic heterocycles. The highest BCUT2D eigenvalue weighted by Gasteiger charge is 2.22. The molecule has 1 aromatic carbocycles. The Balaban J connectivity index is 0.00000264. The molecule has 2 rings (SSSR count). The normalized spacial score (nSPS) is 16.2. The second kappa shape index (κ2) is 12.7. The molecule has 1 atom stereocenters. The Hall–Kier alpha value is -0.660. The molecular weight excluding hydrogens is 369 g/mol. The predicted octanol–water partition coefficient (Wildman–Crippen LogP) is 2.85. The zero-order valence-electron chi connectivity index (χ0n) is 14.1. The lowest BCUT2D eigenvalue weighted by Gasteiger charge is -2.18. The standard InChI is InChI=1S/C16H25N3O2S.2ClH/c1-3-19(4-2)9-10-21-14-7-5-13(6-8-14)18-16(20)15-11-22-12-17-15;;/h5-8,15,17H,3-4,9-12H2,1-2H3,(H,18,20);2*1H. The molecule has 1 aromatic rings. The second-order valence-corrected chi connectivity index (χ2v) is 6.19. The first kappa shape index (κ1) is 23.3. The zero-order chi connectivity index (χ0) is 15.8. The number of rotatable bonds is 8. The van der Waals surface area contributed by atoms with E-state index in [0.29, 0.717) is 6.61 Å². The van der Waals surface area contributed by atoms with Crippen LogP contribution in [-0.4, -0.2) is 54.7 Å². The van der Waals surface area contributed by atoms with Crippen molar-refractivity contribution >= 4 is 48.2 Å². The lowest BCUT2D eigenvalue weighted by molar-refractivity contribution is -0.117. The smallest absolute Gasteiger partial charge is 0.242 e. The van der Waals surface area contributed by atoms with Gasteiger partial charge in [-0.1, -0.05) is 13.8 Å². The molecule has 1 saturated heterocycles. The molecule has 0 aromatic heterocycles. The summed E-state index contributed by atoms with van der Waals surface area (Å²) in [5.41, 5.74) is 0.805. The van der Waals surface area contributed by atoms with Crippen molar-refractivity contribution in [2.75, 3.05) is 43.2 Å². The molecule has 0 bridgehead atoms. The summed E-state index contributed by atoms with van der Waals surface area (Å²) in [6.07, 6.45) is 0. The van der Waals surface area contributed by atoms with Crippen LogP contribution < -0.4 is 15.4 Å². The second-order valence-electron chi connectivity index (χ2n) is 5.16. The van der Waals surface area contributed by atoms with Crippen molar-refractivity contribution in [1.29, 1.82) is 0 Å². The molecule has 24 heavy (non-hydrogen) atoms. The molecule has 1 amide bonds. The lowest BCUT2D eigenvalue weighted by atomic mass is 10.2. The van der Waals surface area contributed by atoms with Crippen molar-refractivity contribution in [2.45, 2.75) is 19.9 Å². The van der Waals surface area contributed by atoms with Crippen LogP contribution in [0.4, 0.5) is 5.69 Å². The quantitative estimate of drug-likeness (QED) is 0.708. The topological polar surface area (TPSA) is 53.6 Å². The third kappa shape index (κ3) is 7.49. The number of halogens is 2. The number of nitrogens with zero attached hydrogens (tertiary/aromatic N) is 1. The van der Waals surface area contributed by atoms with E-state index in [0.717, 1.165) is 42.7 Å². The minimum absolute atomic E-state index is 0. The summed E-state index contributed by atoms with van der Waals surface area (Å²) in [6.45, 7) is 7.99. The Labute approximate surface area is 161 Å². The number of benzene rings is 1. The maximum absolute atomic E-state index is 12.0. The SMILES string of the molecule is CCN(CC)CCOc1ccc(NC(=O)C2CSCN2)cc1.Cl.Cl. The highest BCUT2D eigenvalue weighted by atomic mass is 35.5. The molecule has 138 valence electrons. The highest BCUT2D eigenvalue weighted by molar-refractivity contribution is 7.99. The molecule has 0 saturated carbocycles. The van der Waals surface area contributed by atoms with Gasteiger partial charge in [0.1, 0.15) is 12.4 Å². The van der Waals surface area contributed by atoms with Crippen LogP contribution in [0.25, 0.3) is 0 Å². The summed E-state index contributed by atoms with van der Waals surface area (Å²) < 4.78 is 5.73. The number of ether oxygens (including phenoxy) is 1. The van der Waals surface area contributed by atoms with Gasteiger partial charge in [0.2, 0.25) is 5.91 Å². The van der Waals surface area contributed by atoms with Crippen LogP contribution in [0.1, 0.15) is 13.8 Å². The van der Waals surface area contributed by atoms with E-state index < -0.39 is 0 Å². The number of amides is 1. The van der Waals surface area contributed by atoms with E-state index in [4.69, 9.17) is 4.74 Å². The van der Waals surface area contributed by atoms with E-state index in [9.17, 15) is 4.79 Å². The number of carbonyl (C=O) groups excluding carboxylic acids is 1. The first-order valence-electron chi connectivity index (χ1n) is 7.80. The summed E-state index contributed by atoms with van der Waals surface area (Å²) in [7, 11) is 0. The molecule has 1 heterocycles. The molecular formula is C16H27Cl2N3O2S. The molecule has 1 aliphatic rings. The third-order valence-corrected chi connectivity index (χ3v) is 4.67. The minimum Gasteiger partial charge on any atom is -0.492 e. The van der Waals surface area contributed by atoms with Gasteiger partial charge >= 0.3 is 0 Å². The van der Waals surface area contributed by atoms with E-state index in [1.807, 2.05) is 24.3 Å². The van der Waals surface area contributed by atoms with Gasteiger partial charge in [0.15, 0.2) is 0 Å². The van der Waals surface area contributed by atoms with Crippen LogP contribution in [0.5, 0.6) is 5.75 Å². The highest BCUT2D eigenvalue weighted by Crippen LogP contribution is 2.17. The average Bonchev–Trinajstić information content (AvgIpc) is 3.08. The summed E-state index contributed by atoms with van der Waals surface area (Å²) in [5, 5.41) is 6.08. The first-order valence-corrected chi connectivity index (χ1v) is 8.95. The molecule has 0 aliphatic carbocycles. The minimum atomic E-state index is -0.0880. The van der Waals surface area contributed by atoms with Crippen molar-refractivity contribution in [3.63, 3.8) is 0 Å². The maximum Gasteiger partial charge on any atom is 0.242 e. The number of hydrogen-bond acceptors (Lipinski definition) is 5. The van der Waals surface area contributed by atoms with Crippen LogP contribution in [0.3, 0.4) is 0 Å². The van der Waals surface area contributed by atoms with E-state index in [1.54, 1.807) is 11.8 Å². The fourth-order valence-electron chi connectivity index (χ4n) is 2.26. The van der Waals surface area contributed by atoms with Gasteiger partial charge in [0, 0.05) is 23.9 Å². The van der Waals surface area contributed by atoms with Gasteiger partial charge in [-0.2, -0.15) is 0 Å². The number of likely N-dealkylation sites (N-methyl/N-ethyl adjacent to an activating group) is 1. The number of thioether (sulfide) groups is 1. The van der Waals surface area contributed by atoms with Crippen LogP contribution in [-0.2, 0) is 4.79 Å². The molecule has 0 spiro atoms. The lowest BCUT2D eigenvalue weighted by Crippen LogP contribution is -2.37. The summed E-state index contributed by atoms with van der Waals surface area (Å²) in [6, 6.07) is 7.47. The maximum atomic E-state index is 12.0. The van der Waals surface area contributed by atoms with Crippen LogP contribution in [0, 0.1) is 0 Å². The zero-order valence-corrected chi connectivity index (χ0v) is 16.6. The Morgan fingerprint density at radius 1 is 1.29 bits per heavy atom. The number of hydrogen-bond donors (Lipinski definition) is 2. The molecule has 5 nitrogen and oxygen atoms in total. The molecule has 0 radical (unpaired) electrons. The molecule has 2 N–H and O–H groups in total. The van der Waals surface area contributed by atoms with E-state index in [-0.39, 0.29) is 36.8 Å². The Morgan fingerprint density at radius 2 is 1.96 bits per heavy atom. The monoisotopic (exact) mass is 395 g/mol. The average molecular weight is 396 g/mol. The summed E-state index contributed by atoms with van der Waals surface area (Å²) in [5.74, 6) is 2.54. The van der Waals surface area contributed by atoms with E-state index >= 15 is 0 Å². The van der Waals surface area contributed by atoms with Crippen molar-refractivity contribution in [3.05, 3.63) is 24.3 Å². The Bertz CT molecular complexity index is 467. The van der Waals surface area contributed by atoms with Gasteiger partial charge in [-0.15, -0.1) is 36.6 Å². The Morgan fingerprint density at radius 3 is 2.50 bits per heavy atom. The largest absolute Gasteiger partial charge is 0.492 e. The molecule has 1 fully saturated rings. The van der Waals surface area contributed by atoms with Crippen molar-refractivity contribution in [1.82, 2.24) is 10.2 Å². The number of anilines is 1. The van der Waals surface area contributed by atoms with Gasteiger partial charge in [-0.05, 0) is 37.4 Å². The first-order chi connectivity index (χ1) is 10.7. The van der Waals surface area contributed by atoms with Gasteiger partial charge in [-0.3, -0.25) is 10.1 Å². The Kier molecular flexibility index (Phi) is 12.3. The fourth-order valence-corrected chi connectivity index (χ4v) is 3.20. The van der Waals surface area contributed by atoms with Gasteiger partial charge < -0.3 is 15.0 Å². The fraction of sp³-hybridized carbons (Fsp3) is 0.562. The number of nitrogens with one attached hydrogen (secondary N) is 2. The van der Waals surface area contributed by atoms with E-state index in [2.05, 4.69) is 29.4 Å². The van der Waals surface area contributed by atoms with Crippen LogP contribution >= 0.6 is 36.6 Å². The summed E-state index contributed by atoms with van der Waals surface area (Å²) >= 11 is 1.74. The van der Waals surface area contributed by atoms with Crippen molar-refractivity contribution in [2.24, 2.45) is 0 Å². The van der Waals surface area contributed by atoms with Crippen LogP contribution in [0.15, 0.2) is 24.3 Å². The van der Waals surface area contributed by atoms with Gasteiger partial charge in [0.05, 0.1) is 6.04 Å². The van der Waals surface area contributed by atoms with Crippen LogP contribution in [0.2, 0.25) is 0 Å². The van der Waals surface area contributed by atoms with Gasteiger partial charge in [0.25, 0.3) is 0 Å². The third-order valence-electron chi connectivity index (χ3n) is 3.73.